The second-order valence-electron chi connectivity index (χ2n) is 5.73. The molecule has 5 nitrogen and oxygen atoms in total. The molecule has 0 radical (unpaired) electrons. The Balaban J connectivity index is 1.71. The quantitative estimate of drug-likeness (QED) is 0.580. The van der Waals surface area contributed by atoms with Crippen molar-refractivity contribution in [3.63, 3.8) is 0 Å². The number of nitrogens with zero attached hydrogens (tertiary/aromatic N) is 2. The van der Waals surface area contributed by atoms with Crippen molar-refractivity contribution in [2.45, 2.75) is 6.92 Å². The van der Waals surface area contributed by atoms with Crippen molar-refractivity contribution in [2.75, 3.05) is 25.1 Å². The molecule has 0 fully saturated rings. The van der Waals surface area contributed by atoms with Gasteiger partial charge in [0.1, 0.15) is 18.0 Å². The Morgan fingerprint density at radius 1 is 1.27 bits per heavy atom. The fourth-order valence-electron chi connectivity index (χ4n) is 2.49. The van der Waals surface area contributed by atoms with Gasteiger partial charge in [-0.1, -0.05) is 5.92 Å². The smallest absolute Gasteiger partial charge is 0.325 e. The fourth-order valence-corrected chi connectivity index (χ4v) is 2.49. The molecule has 0 amide bonds. The number of fused-ring (bicyclic) bond motifs is 1. The van der Waals surface area contributed by atoms with Gasteiger partial charge < -0.3 is 14.6 Å². The molecule has 2 heterocycles. The van der Waals surface area contributed by atoms with E-state index in [0.717, 1.165) is 11.3 Å². The zero-order chi connectivity index (χ0) is 18.5. The number of carbonyl (C=O) groups is 1. The van der Waals surface area contributed by atoms with Crippen molar-refractivity contribution >= 4 is 22.7 Å². The second-order valence-corrected chi connectivity index (χ2v) is 5.73. The number of benzene rings is 1. The lowest BCUT2D eigenvalue weighted by atomic mass is 10.2. The van der Waals surface area contributed by atoms with E-state index >= 15 is 0 Å². The minimum Gasteiger partial charge on any atom is -0.465 e. The van der Waals surface area contributed by atoms with Crippen LogP contribution in [0.2, 0.25) is 0 Å². The molecular weight excluding hydrogens is 333 g/mol. The molecule has 0 spiro atoms. The standard InChI is InChI=1S/C20H18FN3O2/c1-3-26-19(25)13-24(2)18-8-5-14(6-9-18)4-7-17-11-15-10-16(21)12-22-20(15)23-17/h5-6,8-12H,3,13H2,1-2H3,(H,22,23). The Bertz CT molecular complexity index is 984. The van der Waals surface area contributed by atoms with Crippen molar-refractivity contribution in [1.82, 2.24) is 9.97 Å². The van der Waals surface area contributed by atoms with Crippen LogP contribution in [0.4, 0.5) is 10.1 Å². The van der Waals surface area contributed by atoms with Gasteiger partial charge in [-0.2, -0.15) is 0 Å². The predicted molar refractivity (Wildman–Crippen MR) is 98.4 cm³/mol. The Kier molecular flexibility index (Phi) is 5.18. The van der Waals surface area contributed by atoms with Crippen LogP contribution in [0.25, 0.3) is 11.0 Å². The molecule has 26 heavy (non-hydrogen) atoms. The maximum absolute atomic E-state index is 13.2. The van der Waals surface area contributed by atoms with Crippen molar-refractivity contribution in [1.29, 1.82) is 0 Å². The molecule has 0 aliphatic rings. The Hall–Kier alpha value is -3.33. The van der Waals surface area contributed by atoms with Gasteiger partial charge in [-0.25, -0.2) is 9.37 Å². The van der Waals surface area contributed by atoms with Crippen LogP contribution in [0.15, 0.2) is 42.6 Å². The number of pyridine rings is 1. The van der Waals surface area contributed by atoms with E-state index in [-0.39, 0.29) is 18.3 Å². The number of aromatic amines is 1. The Morgan fingerprint density at radius 2 is 2.04 bits per heavy atom. The summed E-state index contributed by atoms with van der Waals surface area (Å²) < 4.78 is 18.1. The summed E-state index contributed by atoms with van der Waals surface area (Å²) in [6.07, 6.45) is 1.17. The number of esters is 1. The molecular formula is C20H18FN3O2. The summed E-state index contributed by atoms with van der Waals surface area (Å²) in [5.41, 5.74) is 3.00. The molecule has 0 saturated heterocycles. The van der Waals surface area contributed by atoms with E-state index in [1.54, 1.807) is 13.0 Å². The van der Waals surface area contributed by atoms with Gasteiger partial charge >= 0.3 is 5.97 Å². The third-order valence-electron chi connectivity index (χ3n) is 3.76. The SMILES string of the molecule is CCOC(=O)CN(C)c1ccc(C#Cc2cc3cc(F)cnc3[nH]2)cc1. The summed E-state index contributed by atoms with van der Waals surface area (Å²) in [5.74, 6) is 5.42. The Labute approximate surface area is 150 Å². The van der Waals surface area contributed by atoms with Crippen molar-refractivity contribution < 1.29 is 13.9 Å². The number of halogens is 1. The highest BCUT2D eigenvalue weighted by Crippen LogP contribution is 2.15. The van der Waals surface area contributed by atoms with Gasteiger partial charge in [0.15, 0.2) is 0 Å². The third kappa shape index (κ3) is 4.19. The number of H-pyrrole nitrogens is 1. The minimum atomic E-state index is -0.376. The van der Waals surface area contributed by atoms with Crippen LogP contribution >= 0.6 is 0 Å². The molecule has 0 aliphatic carbocycles. The molecule has 3 rings (SSSR count). The molecule has 0 aliphatic heterocycles. The van der Waals surface area contributed by atoms with E-state index in [1.807, 2.05) is 36.2 Å². The largest absolute Gasteiger partial charge is 0.465 e. The number of ether oxygens (including phenoxy) is 1. The fraction of sp³-hybridized carbons (Fsp3) is 0.200. The third-order valence-corrected chi connectivity index (χ3v) is 3.76. The molecule has 0 bridgehead atoms. The molecule has 6 heteroatoms. The first-order chi connectivity index (χ1) is 12.5. The second kappa shape index (κ2) is 7.70. The van der Waals surface area contributed by atoms with E-state index in [4.69, 9.17) is 4.74 Å². The normalized spacial score (nSPS) is 10.3. The average Bonchev–Trinajstić information content (AvgIpc) is 3.02. The molecule has 0 saturated carbocycles. The first kappa shape index (κ1) is 17.5. The number of rotatable bonds is 4. The number of hydrogen-bond acceptors (Lipinski definition) is 4. The lowest BCUT2D eigenvalue weighted by Crippen LogP contribution is -2.26. The van der Waals surface area contributed by atoms with Crippen LogP contribution in [0.3, 0.4) is 0 Å². The van der Waals surface area contributed by atoms with Gasteiger partial charge in [-0.3, -0.25) is 4.79 Å². The van der Waals surface area contributed by atoms with E-state index < -0.39 is 0 Å². The highest BCUT2D eigenvalue weighted by Gasteiger charge is 2.07. The predicted octanol–water partition coefficient (Wildman–Crippen LogP) is 3.10. The van der Waals surface area contributed by atoms with Crippen LogP contribution in [0.5, 0.6) is 0 Å². The summed E-state index contributed by atoms with van der Waals surface area (Å²) in [7, 11) is 1.83. The van der Waals surface area contributed by atoms with E-state index in [1.165, 1.54) is 12.3 Å². The van der Waals surface area contributed by atoms with Crippen LogP contribution < -0.4 is 4.90 Å². The number of aromatic nitrogens is 2. The molecule has 3 aromatic rings. The van der Waals surface area contributed by atoms with Crippen LogP contribution in [-0.4, -0.2) is 36.1 Å². The molecule has 0 atom stereocenters. The summed E-state index contributed by atoms with van der Waals surface area (Å²) in [6.45, 7) is 2.35. The summed E-state index contributed by atoms with van der Waals surface area (Å²) in [5, 5.41) is 0.685. The number of anilines is 1. The highest BCUT2D eigenvalue weighted by molar-refractivity contribution is 5.78. The summed E-state index contributed by atoms with van der Waals surface area (Å²) in [4.78, 5) is 20.4. The van der Waals surface area contributed by atoms with Gasteiger partial charge in [0, 0.05) is 23.7 Å². The van der Waals surface area contributed by atoms with E-state index in [9.17, 15) is 9.18 Å². The average molecular weight is 351 g/mol. The zero-order valence-electron chi connectivity index (χ0n) is 14.5. The maximum atomic E-state index is 13.2. The lowest BCUT2D eigenvalue weighted by Gasteiger charge is -2.17. The van der Waals surface area contributed by atoms with Gasteiger partial charge in [0.2, 0.25) is 0 Å². The van der Waals surface area contributed by atoms with Gasteiger partial charge in [-0.05, 0) is 49.2 Å². The molecule has 0 unspecified atom stereocenters. The van der Waals surface area contributed by atoms with Crippen LogP contribution in [0, 0.1) is 17.7 Å². The van der Waals surface area contributed by atoms with Crippen molar-refractivity contribution in [3.8, 4) is 11.8 Å². The number of hydrogen-bond donors (Lipinski definition) is 1. The minimum absolute atomic E-state index is 0.192. The first-order valence-corrected chi connectivity index (χ1v) is 8.18. The Morgan fingerprint density at radius 3 is 2.77 bits per heavy atom. The molecule has 1 aromatic carbocycles. The van der Waals surface area contributed by atoms with Crippen LogP contribution in [-0.2, 0) is 9.53 Å². The zero-order valence-corrected chi connectivity index (χ0v) is 14.5. The summed E-state index contributed by atoms with van der Waals surface area (Å²) in [6, 6.07) is 10.7. The van der Waals surface area contributed by atoms with Gasteiger partial charge in [0.25, 0.3) is 0 Å². The monoisotopic (exact) mass is 351 g/mol. The number of likely N-dealkylation sites (N-methyl/N-ethyl adjacent to an activating group) is 1. The number of carbonyl (C=O) groups excluding carboxylic acids is 1. The molecule has 132 valence electrons. The molecule has 2 aromatic heterocycles. The first-order valence-electron chi connectivity index (χ1n) is 8.18. The summed E-state index contributed by atoms with van der Waals surface area (Å²) >= 11 is 0. The van der Waals surface area contributed by atoms with Gasteiger partial charge in [-0.15, -0.1) is 0 Å². The topological polar surface area (TPSA) is 58.2 Å². The van der Waals surface area contributed by atoms with Crippen molar-refractivity contribution in [3.05, 3.63) is 59.7 Å². The van der Waals surface area contributed by atoms with Gasteiger partial charge in [0.05, 0.1) is 18.5 Å². The number of nitrogens with one attached hydrogen (secondary N) is 1. The lowest BCUT2D eigenvalue weighted by molar-refractivity contribution is -0.141. The van der Waals surface area contributed by atoms with Crippen molar-refractivity contribution in [2.24, 2.45) is 0 Å². The highest BCUT2D eigenvalue weighted by atomic mass is 19.1. The maximum Gasteiger partial charge on any atom is 0.325 e. The molecule has 1 N–H and O–H groups in total. The van der Waals surface area contributed by atoms with E-state index in [2.05, 4.69) is 21.8 Å². The van der Waals surface area contributed by atoms with Crippen LogP contribution in [0.1, 0.15) is 18.2 Å². The van der Waals surface area contributed by atoms with E-state index in [0.29, 0.717) is 23.3 Å².